The molecule has 2 aromatic carbocycles. The van der Waals surface area contributed by atoms with Crippen LogP contribution in [-0.4, -0.2) is 23.7 Å². The molecule has 0 amide bonds. The molecule has 0 atom stereocenters. The third kappa shape index (κ3) is 3.44. The zero-order valence-electron chi connectivity index (χ0n) is 13.8. The molecule has 3 rings (SSSR count). The van der Waals surface area contributed by atoms with E-state index in [-0.39, 0.29) is 0 Å². The van der Waals surface area contributed by atoms with Crippen LogP contribution in [0.5, 0.6) is 11.5 Å². The Bertz CT molecular complexity index is 953. The summed E-state index contributed by atoms with van der Waals surface area (Å²) < 4.78 is 10.9. The van der Waals surface area contributed by atoms with Crippen LogP contribution in [0.15, 0.2) is 36.4 Å². The molecule has 0 aliphatic heterocycles. The second-order valence-electron chi connectivity index (χ2n) is 5.24. The van der Waals surface area contributed by atoms with Gasteiger partial charge in [-0.15, -0.1) is 0 Å². The van der Waals surface area contributed by atoms with E-state index in [4.69, 9.17) is 21.1 Å². The topological polar surface area (TPSA) is 70.9 Å². The van der Waals surface area contributed by atoms with Crippen molar-refractivity contribution in [1.29, 1.82) is 5.26 Å². The van der Waals surface area contributed by atoms with Crippen molar-refractivity contribution < 1.29 is 9.47 Å². The number of imidazole rings is 1. The molecule has 0 unspecified atom stereocenters. The molecule has 1 heterocycles. The minimum Gasteiger partial charge on any atom is -0.493 e. The Balaban J connectivity index is 2.05. The van der Waals surface area contributed by atoms with Crippen molar-refractivity contribution in [2.45, 2.75) is 6.92 Å². The molecular formula is C19H16ClN3O2. The van der Waals surface area contributed by atoms with E-state index < -0.39 is 0 Å². The molecule has 1 N–H and O–H groups in total. The molecule has 1 aromatic heterocycles. The number of allylic oxidation sites excluding steroid dienone is 1. The first-order valence-corrected chi connectivity index (χ1v) is 8.11. The van der Waals surface area contributed by atoms with Gasteiger partial charge in [0.15, 0.2) is 11.5 Å². The summed E-state index contributed by atoms with van der Waals surface area (Å²) in [6.07, 6.45) is 1.71. The second kappa shape index (κ2) is 7.29. The minimum atomic E-state index is 0.401. The number of ether oxygens (including phenoxy) is 2. The Hall–Kier alpha value is -2.97. The van der Waals surface area contributed by atoms with E-state index >= 15 is 0 Å². The third-order valence-corrected chi connectivity index (χ3v) is 3.90. The Kier molecular flexibility index (Phi) is 4.92. The molecule has 0 aliphatic carbocycles. The van der Waals surface area contributed by atoms with Gasteiger partial charge >= 0.3 is 0 Å². The molecular weight excluding hydrogens is 338 g/mol. The number of halogens is 1. The van der Waals surface area contributed by atoms with Crippen LogP contribution in [0, 0.1) is 11.3 Å². The van der Waals surface area contributed by atoms with Crippen molar-refractivity contribution in [2.75, 3.05) is 13.7 Å². The maximum Gasteiger partial charge on any atom is 0.179 e. The van der Waals surface area contributed by atoms with Gasteiger partial charge in [0.1, 0.15) is 11.9 Å². The van der Waals surface area contributed by atoms with Crippen LogP contribution in [0.1, 0.15) is 18.3 Å². The average molecular weight is 354 g/mol. The smallest absolute Gasteiger partial charge is 0.179 e. The molecule has 6 heteroatoms. The lowest BCUT2D eigenvalue weighted by molar-refractivity contribution is 0.311. The quantitative estimate of drug-likeness (QED) is 0.675. The second-order valence-corrected chi connectivity index (χ2v) is 5.65. The highest BCUT2D eigenvalue weighted by molar-refractivity contribution is 6.32. The first kappa shape index (κ1) is 16.9. The van der Waals surface area contributed by atoms with Gasteiger partial charge in [-0.2, -0.15) is 5.26 Å². The van der Waals surface area contributed by atoms with E-state index in [1.807, 2.05) is 31.2 Å². The number of hydrogen-bond donors (Lipinski definition) is 1. The van der Waals surface area contributed by atoms with Crippen LogP contribution in [0.3, 0.4) is 0 Å². The van der Waals surface area contributed by atoms with Crippen molar-refractivity contribution >= 4 is 34.3 Å². The SMILES string of the molecule is CCOc1c(Cl)cc(C=C(C#N)c2nc3ccccc3[nH]2)cc1OC. The standard InChI is InChI=1S/C19H16ClN3O2/c1-3-25-18-14(20)9-12(10-17(18)24-2)8-13(11-21)19-22-15-6-4-5-7-16(15)23-19/h4-10H,3H2,1-2H3,(H,22,23). The number of aromatic nitrogens is 2. The fourth-order valence-corrected chi connectivity index (χ4v) is 2.78. The summed E-state index contributed by atoms with van der Waals surface area (Å²) in [5.41, 5.74) is 2.81. The van der Waals surface area contributed by atoms with Gasteiger partial charge in [-0.05, 0) is 42.8 Å². The molecule has 0 spiro atoms. The predicted octanol–water partition coefficient (Wildman–Crippen LogP) is 4.69. The molecule has 0 radical (unpaired) electrons. The fourth-order valence-electron chi connectivity index (χ4n) is 2.51. The van der Waals surface area contributed by atoms with Crippen LogP contribution in [0.25, 0.3) is 22.7 Å². The molecule has 0 saturated heterocycles. The van der Waals surface area contributed by atoms with Crippen molar-refractivity contribution in [2.24, 2.45) is 0 Å². The summed E-state index contributed by atoms with van der Waals surface area (Å²) in [5, 5.41) is 9.96. The highest BCUT2D eigenvalue weighted by atomic mass is 35.5. The van der Waals surface area contributed by atoms with Crippen molar-refractivity contribution in [3.05, 3.63) is 52.8 Å². The summed E-state index contributed by atoms with van der Waals surface area (Å²) in [6.45, 7) is 2.35. The first-order chi connectivity index (χ1) is 12.2. The lowest BCUT2D eigenvalue weighted by Crippen LogP contribution is -1.97. The Morgan fingerprint density at radius 1 is 1.36 bits per heavy atom. The summed E-state index contributed by atoms with van der Waals surface area (Å²) >= 11 is 6.29. The Morgan fingerprint density at radius 3 is 2.84 bits per heavy atom. The number of H-pyrrole nitrogens is 1. The average Bonchev–Trinajstić information content (AvgIpc) is 3.05. The zero-order chi connectivity index (χ0) is 17.8. The zero-order valence-corrected chi connectivity index (χ0v) is 14.6. The lowest BCUT2D eigenvalue weighted by Gasteiger charge is -2.12. The summed E-state index contributed by atoms with van der Waals surface area (Å²) in [5.74, 6) is 1.52. The Labute approximate surface area is 150 Å². The van der Waals surface area contributed by atoms with Crippen molar-refractivity contribution in [3.8, 4) is 17.6 Å². The van der Waals surface area contributed by atoms with E-state index in [1.54, 1.807) is 25.3 Å². The monoisotopic (exact) mass is 353 g/mol. The molecule has 3 aromatic rings. The molecule has 0 bridgehead atoms. The highest BCUT2D eigenvalue weighted by Gasteiger charge is 2.13. The first-order valence-electron chi connectivity index (χ1n) is 7.73. The van der Waals surface area contributed by atoms with E-state index in [9.17, 15) is 5.26 Å². The van der Waals surface area contributed by atoms with Gasteiger partial charge in [0, 0.05) is 0 Å². The molecule has 0 aliphatic rings. The number of aromatic amines is 1. The molecule has 0 fully saturated rings. The van der Waals surface area contributed by atoms with E-state index in [2.05, 4.69) is 16.0 Å². The van der Waals surface area contributed by atoms with Crippen LogP contribution >= 0.6 is 11.6 Å². The van der Waals surface area contributed by atoms with Gasteiger partial charge in [-0.3, -0.25) is 0 Å². The van der Waals surface area contributed by atoms with Crippen LogP contribution in [-0.2, 0) is 0 Å². The number of nitrogens with zero attached hydrogens (tertiary/aromatic N) is 2. The van der Waals surface area contributed by atoms with Gasteiger partial charge in [0.25, 0.3) is 0 Å². The van der Waals surface area contributed by atoms with Crippen molar-refractivity contribution in [3.63, 3.8) is 0 Å². The predicted molar refractivity (Wildman–Crippen MR) is 98.8 cm³/mol. The number of hydrogen-bond acceptors (Lipinski definition) is 4. The van der Waals surface area contributed by atoms with Gasteiger partial charge in [-0.1, -0.05) is 23.7 Å². The van der Waals surface area contributed by atoms with Crippen LogP contribution in [0.2, 0.25) is 5.02 Å². The lowest BCUT2D eigenvalue weighted by atomic mass is 10.1. The summed E-state index contributed by atoms with van der Waals surface area (Å²) in [6, 6.07) is 13.3. The fraction of sp³-hybridized carbons (Fsp3) is 0.158. The van der Waals surface area contributed by atoms with Crippen molar-refractivity contribution in [1.82, 2.24) is 9.97 Å². The van der Waals surface area contributed by atoms with Gasteiger partial charge in [0.05, 0.1) is 35.3 Å². The molecule has 25 heavy (non-hydrogen) atoms. The van der Waals surface area contributed by atoms with E-state index in [0.29, 0.717) is 34.5 Å². The number of para-hydroxylation sites is 2. The largest absolute Gasteiger partial charge is 0.493 e. The minimum absolute atomic E-state index is 0.401. The number of nitriles is 1. The number of nitrogens with one attached hydrogen (secondary N) is 1. The van der Waals surface area contributed by atoms with Gasteiger partial charge in [0.2, 0.25) is 0 Å². The van der Waals surface area contributed by atoms with E-state index in [1.165, 1.54) is 0 Å². The molecule has 126 valence electrons. The normalized spacial score (nSPS) is 11.4. The van der Waals surface area contributed by atoms with E-state index in [0.717, 1.165) is 16.6 Å². The number of benzene rings is 2. The van der Waals surface area contributed by atoms with Gasteiger partial charge < -0.3 is 14.5 Å². The van der Waals surface area contributed by atoms with Gasteiger partial charge in [-0.25, -0.2) is 4.98 Å². The number of fused-ring (bicyclic) bond motifs is 1. The highest BCUT2D eigenvalue weighted by Crippen LogP contribution is 2.37. The number of rotatable bonds is 5. The number of methoxy groups -OCH3 is 1. The van der Waals surface area contributed by atoms with Crippen LogP contribution < -0.4 is 9.47 Å². The molecule has 5 nitrogen and oxygen atoms in total. The van der Waals surface area contributed by atoms with Crippen LogP contribution in [0.4, 0.5) is 0 Å². The maximum absolute atomic E-state index is 9.53. The third-order valence-electron chi connectivity index (χ3n) is 3.62. The summed E-state index contributed by atoms with van der Waals surface area (Å²) in [7, 11) is 1.55. The summed E-state index contributed by atoms with van der Waals surface area (Å²) in [4.78, 5) is 7.61. The Morgan fingerprint density at radius 2 is 2.16 bits per heavy atom. The molecule has 0 saturated carbocycles. The maximum atomic E-state index is 9.53.